The second kappa shape index (κ2) is 6.07. The van der Waals surface area contributed by atoms with Crippen molar-refractivity contribution in [1.82, 2.24) is 5.32 Å². The third-order valence-corrected chi connectivity index (χ3v) is 3.11. The molecule has 0 aromatic carbocycles. The Morgan fingerprint density at radius 1 is 1.47 bits per heavy atom. The van der Waals surface area contributed by atoms with Gasteiger partial charge in [-0.05, 0) is 19.8 Å². The summed E-state index contributed by atoms with van der Waals surface area (Å²) in [6.45, 7) is 3.83. The standard InChI is InChI=1S/C9H20N2O3S/c1-4-7(2)11-9(12)8(10)5-6-15(3,13)14/h7-8H,4-6,10H2,1-3H3,(H,11,12). The number of sulfone groups is 1. The van der Waals surface area contributed by atoms with Crippen molar-refractivity contribution < 1.29 is 13.2 Å². The molecule has 0 aromatic rings. The zero-order valence-corrected chi connectivity index (χ0v) is 10.3. The van der Waals surface area contributed by atoms with Crippen LogP contribution in [-0.4, -0.2) is 38.4 Å². The predicted octanol–water partition coefficient (Wildman–Crippen LogP) is -0.337. The van der Waals surface area contributed by atoms with Crippen molar-refractivity contribution >= 4 is 15.7 Å². The van der Waals surface area contributed by atoms with Crippen molar-refractivity contribution in [3.63, 3.8) is 0 Å². The SMILES string of the molecule is CCC(C)NC(=O)C(N)CCS(C)(=O)=O. The Labute approximate surface area is 91.3 Å². The lowest BCUT2D eigenvalue weighted by atomic mass is 10.2. The van der Waals surface area contributed by atoms with Gasteiger partial charge >= 0.3 is 0 Å². The minimum Gasteiger partial charge on any atom is -0.352 e. The van der Waals surface area contributed by atoms with Crippen LogP contribution in [0, 0.1) is 0 Å². The third kappa shape index (κ3) is 7.33. The summed E-state index contributed by atoms with van der Waals surface area (Å²) in [5, 5.41) is 2.71. The van der Waals surface area contributed by atoms with E-state index in [1.54, 1.807) is 0 Å². The summed E-state index contributed by atoms with van der Waals surface area (Å²) in [5.41, 5.74) is 5.55. The van der Waals surface area contributed by atoms with Gasteiger partial charge in [-0.3, -0.25) is 4.79 Å². The van der Waals surface area contributed by atoms with Gasteiger partial charge in [-0.2, -0.15) is 0 Å². The van der Waals surface area contributed by atoms with Crippen LogP contribution in [0.3, 0.4) is 0 Å². The summed E-state index contributed by atoms with van der Waals surface area (Å²) in [6, 6.07) is -0.671. The molecule has 15 heavy (non-hydrogen) atoms. The molecule has 2 unspecified atom stereocenters. The maximum Gasteiger partial charge on any atom is 0.237 e. The summed E-state index contributed by atoms with van der Waals surface area (Å²) in [4.78, 5) is 11.4. The molecule has 1 amide bonds. The summed E-state index contributed by atoms with van der Waals surface area (Å²) >= 11 is 0. The second-order valence-electron chi connectivity index (χ2n) is 3.84. The second-order valence-corrected chi connectivity index (χ2v) is 6.10. The summed E-state index contributed by atoms with van der Waals surface area (Å²) in [7, 11) is -3.05. The topological polar surface area (TPSA) is 89.3 Å². The third-order valence-electron chi connectivity index (χ3n) is 2.14. The van der Waals surface area contributed by atoms with E-state index >= 15 is 0 Å². The molecule has 0 fully saturated rings. The number of rotatable bonds is 6. The van der Waals surface area contributed by atoms with Crippen LogP contribution in [0.1, 0.15) is 26.7 Å². The zero-order valence-electron chi connectivity index (χ0n) is 9.49. The van der Waals surface area contributed by atoms with Gasteiger partial charge in [-0.15, -0.1) is 0 Å². The van der Waals surface area contributed by atoms with E-state index < -0.39 is 15.9 Å². The van der Waals surface area contributed by atoms with E-state index in [9.17, 15) is 13.2 Å². The first-order valence-electron chi connectivity index (χ1n) is 5.00. The maximum atomic E-state index is 11.4. The molecule has 0 radical (unpaired) electrons. The largest absolute Gasteiger partial charge is 0.352 e. The Morgan fingerprint density at radius 3 is 2.40 bits per heavy atom. The number of nitrogens with one attached hydrogen (secondary N) is 1. The van der Waals surface area contributed by atoms with Crippen LogP contribution in [0.2, 0.25) is 0 Å². The highest BCUT2D eigenvalue weighted by Gasteiger charge is 2.16. The van der Waals surface area contributed by atoms with Gasteiger partial charge in [0.05, 0.1) is 11.8 Å². The molecule has 0 spiro atoms. The zero-order chi connectivity index (χ0) is 12.1. The van der Waals surface area contributed by atoms with Gasteiger partial charge in [0.2, 0.25) is 5.91 Å². The fourth-order valence-electron chi connectivity index (χ4n) is 0.924. The molecule has 0 aromatic heterocycles. The van der Waals surface area contributed by atoms with Gasteiger partial charge in [0.15, 0.2) is 0 Å². The number of hydrogen-bond donors (Lipinski definition) is 2. The van der Waals surface area contributed by atoms with Crippen LogP contribution >= 0.6 is 0 Å². The summed E-state index contributed by atoms with van der Waals surface area (Å²) in [6.07, 6.45) is 2.12. The van der Waals surface area contributed by atoms with Crippen LogP contribution in [-0.2, 0) is 14.6 Å². The molecule has 0 aliphatic carbocycles. The number of nitrogens with two attached hydrogens (primary N) is 1. The molecule has 0 heterocycles. The first-order chi connectivity index (χ1) is 6.76. The van der Waals surface area contributed by atoms with E-state index in [1.807, 2.05) is 13.8 Å². The van der Waals surface area contributed by atoms with E-state index in [1.165, 1.54) is 0 Å². The summed E-state index contributed by atoms with van der Waals surface area (Å²) in [5.74, 6) is -0.338. The fourth-order valence-corrected chi connectivity index (χ4v) is 1.61. The van der Waals surface area contributed by atoms with Gasteiger partial charge < -0.3 is 11.1 Å². The van der Waals surface area contributed by atoms with Gasteiger partial charge in [0, 0.05) is 12.3 Å². The minimum atomic E-state index is -3.05. The van der Waals surface area contributed by atoms with Crippen LogP contribution in [0.4, 0.5) is 0 Å². The first-order valence-corrected chi connectivity index (χ1v) is 7.06. The van der Waals surface area contributed by atoms with Crippen LogP contribution in [0.15, 0.2) is 0 Å². The highest BCUT2D eigenvalue weighted by molar-refractivity contribution is 7.90. The van der Waals surface area contributed by atoms with Crippen LogP contribution in [0.25, 0.3) is 0 Å². The average Bonchev–Trinajstić information content (AvgIpc) is 2.12. The number of carbonyl (C=O) groups is 1. The highest BCUT2D eigenvalue weighted by atomic mass is 32.2. The first kappa shape index (κ1) is 14.4. The highest BCUT2D eigenvalue weighted by Crippen LogP contribution is 1.96. The van der Waals surface area contributed by atoms with Gasteiger partial charge in [-0.1, -0.05) is 6.92 Å². The summed E-state index contributed by atoms with van der Waals surface area (Å²) < 4.78 is 21.7. The Bertz CT molecular complexity index is 300. The van der Waals surface area contributed by atoms with Crippen molar-refractivity contribution in [3.05, 3.63) is 0 Å². The molecule has 0 saturated carbocycles. The Morgan fingerprint density at radius 2 is 2.00 bits per heavy atom. The van der Waals surface area contributed by atoms with Crippen molar-refractivity contribution in [2.75, 3.05) is 12.0 Å². The maximum absolute atomic E-state index is 11.4. The number of hydrogen-bond acceptors (Lipinski definition) is 4. The van der Waals surface area contributed by atoms with Gasteiger partial charge in [-0.25, -0.2) is 8.42 Å². The molecule has 0 saturated heterocycles. The van der Waals surface area contributed by atoms with Crippen molar-refractivity contribution in [2.24, 2.45) is 5.73 Å². The quantitative estimate of drug-likeness (QED) is 0.660. The lowest BCUT2D eigenvalue weighted by Crippen LogP contribution is -2.44. The molecule has 90 valence electrons. The molecule has 0 aliphatic rings. The minimum absolute atomic E-state index is 0.0535. The van der Waals surface area contributed by atoms with Gasteiger partial charge in [0.1, 0.15) is 9.84 Å². The van der Waals surface area contributed by atoms with Crippen molar-refractivity contribution in [1.29, 1.82) is 0 Å². The molecule has 0 rings (SSSR count). The van der Waals surface area contributed by atoms with Crippen LogP contribution < -0.4 is 11.1 Å². The van der Waals surface area contributed by atoms with E-state index in [2.05, 4.69) is 5.32 Å². The smallest absolute Gasteiger partial charge is 0.237 e. The van der Waals surface area contributed by atoms with E-state index in [0.29, 0.717) is 0 Å². The molecule has 2 atom stereocenters. The number of amides is 1. The molecule has 6 heteroatoms. The van der Waals surface area contributed by atoms with Crippen molar-refractivity contribution in [3.8, 4) is 0 Å². The Balaban J connectivity index is 4.00. The Kier molecular flexibility index (Phi) is 5.82. The molecule has 0 bridgehead atoms. The number of carbonyl (C=O) groups excluding carboxylic acids is 1. The fraction of sp³-hybridized carbons (Fsp3) is 0.889. The molecule has 0 aliphatic heterocycles. The molecule has 3 N–H and O–H groups in total. The van der Waals surface area contributed by atoms with E-state index in [0.717, 1.165) is 12.7 Å². The molecule has 5 nitrogen and oxygen atoms in total. The Hall–Kier alpha value is -0.620. The monoisotopic (exact) mass is 236 g/mol. The predicted molar refractivity (Wildman–Crippen MR) is 60.2 cm³/mol. The van der Waals surface area contributed by atoms with Gasteiger partial charge in [0.25, 0.3) is 0 Å². The van der Waals surface area contributed by atoms with Crippen molar-refractivity contribution in [2.45, 2.75) is 38.8 Å². The lowest BCUT2D eigenvalue weighted by molar-refractivity contribution is -0.123. The molecular weight excluding hydrogens is 216 g/mol. The van der Waals surface area contributed by atoms with Crippen LogP contribution in [0.5, 0.6) is 0 Å². The molecular formula is C9H20N2O3S. The van der Waals surface area contributed by atoms with E-state index in [-0.39, 0.29) is 24.1 Å². The average molecular weight is 236 g/mol. The normalized spacial score (nSPS) is 15.7. The lowest BCUT2D eigenvalue weighted by Gasteiger charge is -2.15. The van der Waals surface area contributed by atoms with E-state index in [4.69, 9.17) is 5.73 Å².